The molecule has 0 aromatic carbocycles. The Hall–Kier alpha value is -0.530. The van der Waals surface area contributed by atoms with Crippen LogP contribution in [0, 0.1) is 16.7 Å². The molecule has 1 rings (SSSR count). The van der Waals surface area contributed by atoms with E-state index in [2.05, 4.69) is 20.8 Å². The van der Waals surface area contributed by atoms with Crippen molar-refractivity contribution in [1.82, 2.24) is 0 Å². The van der Waals surface area contributed by atoms with Crippen molar-refractivity contribution < 1.29 is 9.53 Å². The Labute approximate surface area is 106 Å². The molecule has 1 fully saturated rings. The largest absolute Gasteiger partial charge is 0.461 e. The summed E-state index contributed by atoms with van der Waals surface area (Å²) >= 11 is 0. The highest BCUT2D eigenvalue weighted by Gasteiger charge is 2.40. The fourth-order valence-electron chi connectivity index (χ4n) is 2.22. The molecule has 1 aliphatic rings. The van der Waals surface area contributed by atoms with Gasteiger partial charge in [-0.1, -0.05) is 27.7 Å². The Morgan fingerprint density at radius 2 is 2.00 bits per heavy atom. The molecule has 0 bridgehead atoms. The number of ether oxygens (including phenoxy) is 1. The molecule has 100 valence electrons. The second-order valence-electron chi connectivity index (χ2n) is 7.00. The van der Waals surface area contributed by atoms with Gasteiger partial charge in [-0.2, -0.15) is 0 Å². The van der Waals surface area contributed by atoms with Gasteiger partial charge in [0.15, 0.2) is 0 Å². The Morgan fingerprint density at radius 3 is 2.53 bits per heavy atom. The lowest BCUT2D eigenvalue weighted by Crippen LogP contribution is -2.41. The summed E-state index contributed by atoms with van der Waals surface area (Å²) < 4.78 is 5.79. The van der Waals surface area contributed by atoms with Crippen molar-refractivity contribution >= 4 is 5.97 Å². The minimum atomic E-state index is -0.350. The summed E-state index contributed by atoms with van der Waals surface area (Å²) in [6, 6.07) is 0. The zero-order valence-electron chi connectivity index (χ0n) is 12.3. The number of esters is 1. The van der Waals surface area contributed by atoms with E-state index in [1.54, 1.807) is 0 Å². The van der Waals surface area contributed by atoms with E-state index in [9.17, 15) is 4.79 Å². The van der Waals surface area contributed by atoms with Gasteiger partial charge in [-0.3, -0.25) is 4.79 Å². The Bertz CT molecular complexity index is 279. The minimum absolute atomic E-state index is 0.0350. The maximum Gasteiger partial charge on any atom is 0.311 e. The average Bonchev–Trinajstić information content (AvgIpc) is 2.24. The predicted molar refractivity (Wildman–Crippen MR) is 70.7 cm³/mol. The van der Waals surface area contributed by atoms with Gasteiger partial charge in [0.1, 0.15) is 6.10 Å². The molecule has 0 aliphatic heterocycles. The fourth-order valence-corrected chi connectivity index (χ4v) is 2.22. The smallest absolute Gasteiger partial charge is 0.311 e. The van der Waals surface area contributed by atoms with E-state index in [-0.39, 0.29) is 22.9 Å². The van der Waals surface area contributed by atoms with Crippen molar-refractivity contribution in [3.63, 3.8) is 0 Å². The molecule has 17 heavy (non-hydrogen) atoms. The Morgan fingerprint density at radius 1 is 1.41 bits per heavy atom. The lowest BCUT2D eigenvalue weighted by Gasteiger charge is -2.41. The first-order valence-electron chi connectivity index (χ1n) is 6.90. The number of hydrogen-bond donors (Lipinski definition) is 0. The van der Waals surface area contributed by atoms with Gasteiger partial charge in [0.05, 0.1) is 5.41 Å². The van der Waals surface area contributed by atoms with E-state index >= 15 is 0 Å². The van der Waals surface area contributed by atoms with Crippen molar-refractivity contribution in [3.05, 3.63) is 0 Å². The molecule has 0 heterocycles. The summed E-state index contributed by atoms with van der Waals surface area (Å²) in [6.45, 7) is 12.7. The monoisotopic (exact) mass is 240 g/mol. The normalized spacial score (nSPS) is 28.8. The highest BCUT2D eigenvalue weighted by molar-refractivity contribution is 5.76. The molecule has 1 saturated carbocycles. The summed E-state index contributed by atoms with van der Waals surface area (Å²) in [5.41, 5.74) is -0.219. The van der Waals surface area contributed by atoms with Gasteiger partial charge in [0.2, 0.25) is 0 Å². The van der Waals surface area contributed by atoms with Gasteiger partial charge >= 0.3 is 5.97 Å². The van der Waals surface area contributed by atoms with Crippen LogP contribution < -0.4 is 0 Å². The SMILES string of the molecule is CCC(C)(C)C(=O)OC1CC(C)CCC1(C)C. The highest BCUT2D eigenvalue weighted by Crippen LogP contribution is 2.41. The number of hydrogen-bond acceptors (Lipinski definition) is 2. The van der Waals surface area contributed by atoms with Crippen LogP contribution >= 0.6 is 0 Å². The van der Waals surface area contributed by atoms with Crippen LogP contribution in [-0.2, 0) is 9.53 Å². The maximum atomic E-state index is 12.1. The third-order valence-electron chi connectivity index (χ3n) is 4.46. The van der Waals surface area contributed by atoms with Crippen LogP contribution in [0.4, 0.5) is 0 Å². The molecule has 0 N–H and O–H groups in total. The first-order valence-corrected chi connectivity index (χ1v) is 6.90. The molecule has 2 heteroatoms. The molecule has 2 unspecified atom stereocenters. The molecule has 0 spiro atoms. The fraction of sp³-hybridized carbons (Fsp3) is 0.933. The predicted octanol–water partition coefficient (Wildman–Crippen LogP) is 4.18. The molecule has 0 saturated heterocycles. The van der Waals surface area contributed by atoms with E-state index in [0.717, 1.165) is 19.3 Å². The summed E-state index contributed by atoms with van der Waals surface area (Å²) in [7, 11) is 0. The average molecular weight is 240 g/mol. The van der Waals surface area contributed by atoms with Crippen LogP contribution in [0.1, 0.15) is 67.2 Å². The molecule has 2 atom stereocenters. The number of carbonyl (C=O) groups is 1. The Kier molecular flexibility index (Phi) is 4.27. The summed E-state index contributed by atoms with van der Waals surface area (Å²) in [5, 5.41) is 0. The number of carbonyl (C=O) groups excluding carboxylic acids is 1. The second kappa shape index (κ2) is 4.99. The summed E-state index contributed by atoms with van der Waals surface area (Å²) in [6.07, 6.45) is 4.33. The zero-order valence-corrected chi connectivity index (χ0v) is 12.3. The van der Waals surface area contributed by atoms with Crippen molar-refractivity contribution in [2.24, 2.45) is 16.7 Å². The van der Waals surface area contributed by atoms with Gasteiger partial charge in [-0.15, -0.1) is 0 Å². The lowest BCUT2D eigenvalue weighted by molar-refractivity contribution is -0.170. The second-order valence-corrected chi connectivity index (χ2v) is 7.00. The van der Waals surface area contributed by atoms with E-state index in [1.807, 2.05) is 20.8 Å². The van der Waals surface area contributed by atoms with Crippen LogP contribution in [0.3, 0.4) is 0 Å². The van der Waals surface area contributed by atoms with Crippen molar-refractivity contribution in [1.29, 1.82) is 0 Å². The topological polar surface area (TPSA) is 26.3 Å². The summed E-state index contributed by atoms with van der Waals surface area (Å²) in [5.74, 6) is 0.637. The molecular formula is C15H28O2. The van der Waals surface area contributed by atoms with Crippen molar-refractivity contribution in [2.75, 3.05) is 0 Å². The standard InChI is InChI=1S/C15H28O2/c1-7-14(3,4)13(16)17-12-10-11(2)8-9-15(12,5)6/h11-12H,7-10H2,1-6H3. The van der Waals surface area contributed by atoms with Crippen LogP contribution in [0.15, 0.2) is 0 Å². The molecule has 0 radical (unpaired) electrons. The first-order chi connectivity index (χ1) is 7.69. The highest BCUT2D eigenvalue weighted by atomic mass is 16.5. The zero-order chi connectivity index (χ0) is 13.3. The van der Waals surface area contributed by atoms with Crippen LogP contribution in [-0.4, -0.2) is 12.1 Å². The third-order valence-corrected chi connectivity index (χ3v) is 4.46. The van der Waals surface area contributed by atoms with E-state index in [0.29, 0.717) is 5.92 Å². The summed E-state index contributed by atoms with van der Waals surface area (Å²) in [4.78, 5) is 12.1. The molecule has 2 nitrogen and oxygen atoms in total. The quantitative estimate of drug-likeness (QED) is 0.692. The van der Waals surface area contributed by atoms with E-state index in [4.69, 9.17) is 4.74 Å². The molecule has 0 aromatic rings. The maximum absolute atomic E-state index is 12.1. The third kappa shape index (κ3) is 3.46. The van der Waals surface area contributed by atoms with E-state index < -0.39 is 0 Å². The first kappa shape index (κ1) is 14.5. The molecule has 1 aliphatic carbocycles. The van der Waals surface area contributed by atoms with Crippen LogP contribution in [0.2, 0.25) is 0 Å². The minimum Gasteiger partial charge on any atom is -0.461 e. The van der Waals surface area contributed by atoms with Crippen LogP contribution in [0.25, 0.3) is 0 Å². The number of rotatable bonds is 3. The van der Waals surface area contributed by atoms with Crippen molar-refractivity contribution in [3.8, 4) is 0 Å². The molecule has 0 amide bonds. The van der Waals surface area contributed by atoms with Crippen LogP contribution in [0.5, 0.6) is 0 Å². The van der Waals surface area contributed by atoms with Gasteiger partial charge in [-0.05, 0) is 45.4 Å². The molecular weight excluding hydrogens is 212 g/mol. The Balaban J connectivity index is 2.69. The van der Waals surface area contributed by atoms with Gasteiger partial charge in [-0.25, -0.2) is 0 Å². The lowest BCUT2D eigenvalue weighted by atomic mass is 9.71. The van der Waals surface area contributed by atoms with Gasteiger partial charge < -0.3 is 4.74 Å². The van der Waals surface area contributed by atoms with Gasteiger partial charge in [0, 0.05) is 5.41 Å². The van der Waals surface area contributed by atoms with E-state index in [1.165, 1.54) is 6.42 Å². The van der Waals surface area contributed by atoms with Crippen molar-refractivity contribution in [2.45, 2.75) is 73.3 Å². The van der Waals surface area contributed by atoms with Gasteiger partial charge in [0.25, 0.3) is 0 Å². The molecule has 0 aromatic heterocycles.